The van der Waals surface area contributed by atoms with E-state index in [1.54, 1.807) is 18.0 Å². The van der Waals surface area contributed by atoms with Gasteiger partial charge in [-0.2, -0.15) is 0 Å². The van der Waals surface area contributed by atoms with E-state index >= 15 is 0 Å². The molecule has 2 rings (SSSR count). The minimum Gasteiger partial charge on any atom is -0.305 e. The number of hydrogen-bond acceptors (Lipinski definition) is 4. The lowest BCUT2D eigenvalue weighted by Crippen LogP contribution is -2.35. The fourth-order valence-corrected chi connectivity index (χ4v) is 2.66. The van der Waals surface area contributed by atoms with Crippen LogP contribution in [-0.4, -0.2) is 22.1 Å². The van der Waals surface area contributed by atoms with Crippen LogP contribution in [0.2, 0.25) is 0 Å². The SMILES string of the molecule is Cc1cnccc1CSC1=NC(C)CC(=O)N1. The number of amides is 1. The first-order valence-electron chi connectivity index (χ1n) is 5.55. The van der Waals surface area contributed by atoms with Crippen LogP contribution in [0.4, 0.5) is 0 Å². The van der Waals surface area contributed by atoms with Crippen LogP contribution in [0.3, 0.4) is 0 Å². The number of aryl methyl sites for hydroxylation is 1. The summed E-state index contributed by atoms with van der Waals surface area (Å²) in [6.45, 7) is 3.99. The average molecular weight is 249 g/mol. The highest BCUT2D eigenvalue weighted by atomic mass is 32.2. The van der Waals surface area contributed by atoms with Gasteiger partial charge in [0.2, 0.25) is 5.91 Å². The molecule has 0 aliphatic carbocycles. The van der Waals surface area contributed by atoms with Gasteiger partial charge in [0.05, 0.1) is 6.04 Å². The van der Waals surface area contributed by atoms with Gasteiger partial charge in [-0.05, 0) is 31.0 Å². The molecular formula is C12H15N3OS. The molecule has 17 heavy (non-hydrogen) atoms. The van der Waals surface area contributed by atoms with Crippen molar-refractivity contribution in [2.24, 2.45) is 4.99 Å². The normalized spacial score (nSPS) is 19.8. The summed E-state index contributed by atoms with van der Waals surface area (Å²) in [4.78, 5) is 19.8. The minimum absolute atomic E-state index is 0.0569. The van der Waals surface area contributed by atoms with Crippen molar-refractivity contribution in [1.82, 2.24) is 10.3 Å². The smallest absolute Gasteiger partial charge is 0.228 e. The second-order valence-electron chi connectivity index (χ2n) is 4.13. The Morgan fingerprint density at radius 1 is 1.59 bits per heavy atom. The molecule has 1 N–H and O–H groups in total. The highest BCUT2D eigenvalue weighted by Crippen LogP contribution is 2.18. The number of nitrogens with zero attached hydrogens (tertiary/aromatic N) is 2. The van der Waals surface area contributed by atoms with E-state index in [2.05, 4.69) is 15.3 Å². The van der Waals surface area contributed by atoms with Crippen LogP contribution < -0.4 is 5.32 Å². The van der Waals surface area contributed by atoms with Crippen LogP contribution in [0.25, 0.3) is 0 Å². The standard InChI is InChI=1S/C12H15N3OS/c1-8-6-13-4-3-10(8)7-17-12-14-9(2)5-11(16)15-12/h3-4,6,9H,5,7H2,1-2H3,(H,14,15,16). The van der Waals surface area contributed by atoms with Gasteiger partial charge >= 0.3 is 0 Å². The number of pyridine rings is 1. The minimum atomic E-state index is 0.0569. The Kier molecular flexibility index (Phi) is 3.78. The molecule has 1 unspecified atom stereocenters. The van der Waals surface area contributed by atoms with E-state index in [-0.39, 0.29) is 11.9 Å². The van der Waals surface area contributed by atoms with Crippen LogP contribution in [0.15, 0.2) is 23.5 Å². The first-order valence-corrected chi connectivity index (χ1v) is 6.53. The molecular weight excluding hydrogens is 234 g/mol. The number of carbonyl (C=O) groups is 1. The van der Waals surface area contributed by atoms with Crippen LogP contribution in [0, 0.1) is 6.92 Å². The molecule has 0 spiro atoms. The van der Waals surface area contributed by atoms with E-state index in [1.165, 1.54) is 5.56 Å². The summed E-state index contributed by atoms with van der Waals surface area (Å²) >= 11 is 1.56. The second-order valence-corrected chi connectivity index (χ2v) is 5.09. The van der Waals surface area contributed by atoms with Gasteiger partial charge in [-0.3, -0.25) is 14.8 Å². The molecule has 1 aliphatic rings. The largest absolute Gasteiger partial charge is 0.305 e. The van der Waals surface area contributed by atoms with Gasteiger partial charge < -0.3 is 5.32 Å². The second kappa shape index (κ2) is 5.31. The first-order chi connectivity index (χ1) is 8.15. The molecule has 1 aliphatic heterocycles. The molecule has 0 fully saturated rings. The third-order valence-corrected chi connectivity index (χ3v) is 3.50. The van der Waals surface area contributed by atoms with E-state index in [0.29, 0.717) is 6.42 Å². The molecule has 0 bridgehead atoms. The maximum Gasteiger partial charge on any atom is 0.228 e. The predicted octanol–water partition coefficient (Wildman–Crippen LogP) is 1.89. The van der Waals surface area contributed by atoms with Gasteiger partial charge in [-0.15, -0.1) is 0 Å². The van der Waals surface area contributed by atoms with Gasteiger partial charge in [0.15, 0.2) is 5.17 Å². The summed E-state index contributed by atoms with van der Waals surface area (Å²) < 4.78 is 0. The number of rotatable bonds is 2. The first kappa shape index (κ1) is 12.1. The molecule has 0 saturated heterocycles. The Balaban J connectivity index is 1.99. The van der Waals surface area contributed by atoms with Crippen LogP contribution in [-0.2, 0) is 10.5 Å². The Bertz CT molecular complexity index is 459. The summed E-state index contributed by atoms with van der Waals surface area (Å²) in [6, 6.07) is 2.08. The summed E-state index contributed by atoms with van der Waals surface area (Å²) in [6.07, 6.45) is 4.12. The zero-order valence-corrected chi connectivity index (χ0v) is 10.8. The van der Waals surface area contributed by atoms with Gasteiger partial charge in [-0.1, -0.05) is 11.8 Å². The number of thioether (sulfide) groups is 1. The molecule has 5 heteroatoms. The number of carbonyl (C=O) groups excluding carboxylic acids is 1. The lowest BCUT2D eigenvalue weighted by atomic mass is 10.2. The number of nitrogens with one attached hydrogen (secondary N) is 1. The van der Waals surface area contributed by atoms with E-state index in [9.17, 15) is 4.79 Å². The Hall–Kier alpha value is -1.36. The van der Waals surface area contributed by atoms with Crippen molar-refractivity contribution in [3.63, 3.8) is 0 Å². The van der Waals surface area contributed by atoms with Crippen LogP contribution >= 0.6 is 11.8 Å². The maximum absolute atomic E-state index is 11.3. The molecule has 0 radical (unpaired) electrons. The van der Waals surface area contributed by atoms with Crippen molar-refractivity contribution >= 4 is 22.8 Å². The van der Waals surface area contributed by atoms with Gasteiger partial charge in [0.25, 0.3) is 0 Å². The molecule has 1 atom stereocenters. The quantitative estimate of drug-likeness (QED) is 0.870. The molecule has 2 heterocycles. The monoisotopic (exact) mass is 249 g/mol. The zero-order chi connectivity index (χ0) is 12.3. The summed E-state index contributed by atoms with van der Waals surface area (Å²) in [5.74, 6) is 0.863. The summed E-state index contributed by atoms with van der Waals surface area (Å²) in [7, 11) is 0. The number of aromatic nitrogens is 1. The third kappa shape index (κ3) is 3.30. The maximum atomic E-state index is 11.3. The Labute approximate surface area is 105 Å². The zero-order valence-electron chi connectivity index (χ0n) is 9.93. The molecule has 0 saturated carbocycles. The van der Waals surface area contributed by atoms with Crippen molar-refractivity contribution in [3.05, 3.63) is 29.6 Å². The molecule has 1 aromatic heterocycles. The van der Waals surface area contributed by atoms with Crippen molar-refractivity contribution < 1.29 is 4.79 Å². The number of hydrogen-bond donors (Lipinski definition) is 1. The van der Waals surface area contributed by atoms with Gasteiger partial charge in [0.1, 0.15) is 0 Å². The number of aliphatic imine (C=N–C) groups is 1. The molecule has 1 aromatic rings. The Morgan fingerprint density at radius 3 is 3.12 bits per heavy atom. The summed E-state index contributed by atoms with van der Waals surface area (Å²) in [5, 5.41) is 3.52. The van der Waals surface area contributed by atoms with Crippen LogP contribution in [0.5, 0.6) is 0 Å². The summed E-state index contributed by atoms with van der Waals surface area (Å²) in [5.41, 5.74) is 2.39. The molecule has 90 valence electrons. The van der Waals surface area contributed by atoms with Gasteiger partial charge in [0, 0.05) is 24.6 Å². The average Bonchev–Trinajstić information content (AvgIpc) is 2.27. The van der Waals surface area contributed by atoms with Crippen molar-refractivity contribution in [1.29, 1.82) is 0 Å². The highest BCUT2D eigenvalue weighted by Gasteiger charge is 2.17. The third-order valence-electron chi connectivity index (χ3n) is 2.57. The topological polar surface area (TPSA) is 54.4 Å². The van der Waals surface area contributed by atoms with Crippen molar-refractivity contribution in [3.8, 4) is 0 Å². The lowest BCUT2D eigenvalue weighted by molar-refractivity contribution is -0.120. The molecule has 0 aromatic carbocycles. The highest BCUT2D eigenvalue weighted by molar-refractivity contribution is 8.13. The van der Waals surface area contributed by atoms with E-state index in [0.717, 1.165) is 16.5 Å². The van der Waals surface area contributed by atoms with E-state index in [1.807, 2.05) is 26.1 Å². The fourth-order valence-electron chi connectivity index (χ4n) is 1.60. The fraction of sp³-hybridized carbons (Fsp3) is 0.417. The Morgan fingerprint density at radius 2 is 2.41 bits per heavy atom. The molecule has 1 amide bonds. The van der Waals surface area contributed by atoms with E-state index < -0.39 is 0 Å². The lowest BCUT2D eigenvalue weighted by Gasteiger charge is -2.17. The van der Waals surface area contributed by atoms with E-state index in [4.69, 9.17) is 0 Å². The predicted molar refractivity (Wildman–Crippen MR) is 69.9 cm³/mol. The number of amidine groups is 1. The van der Waals surface area contributed by atoms with Crippen LogP contribution in [0.1, 0.15) is 24.5 Å². The van der Waals surface area contributed by atoms with Crippen molar-refractivity contribution in [2.45, 2.75) is 32.1 Å². The molecule has 4 nitrogen and oxygen atoms in total. The van der Waals surface area contributed by atoms with Crippen molar-refractivity contribution in [2.75, 3.05) is 0 Å². The van der Waals surface area contributed by atoms with Gasteiger partial charge in [-0.25, -0.2) is 0 Å².